The Balaban J connectivity index is 2.67. The molecule has 1 aliphatic rings. The Labute approximate surface area is 80.3 Å². The van der Waals surface area contributed by atoms with Crippen molar-refractivity contribution in [3.8, 4) is 0 Å². The second-order valence-electron chi connectivity index (χ2n) is 4.58. The zero-order chi connectivity index (χ0) is 10.1. The van der Waals surface area contributed by atoms with Crippen molar-refractivity contribution < 1.29 is 4.79 Å². The third kappa shape index (κ3) is 2.21. The molecule has 0 spiro atoms. The van der Waals surface area contributed by atoms with Crippen LogP contribution in [0.5, 0.6) is 0 Å². The molecule has 3 nitrogen and oxygen atoms in total. The molecule has 0 radical (unpaired) electrons. The van der Waals surface area contributed by atoms with Gasteiger partial charge in [-0.15, -0.1) is 0 Å². The first-order valence-electron chi connectivity index (χ1n) is 4.95. The van der Waals surface area contributed by atoms with Crippen molar-refractivity contribution in [2.45, 2.75) is 39.2 Å². The summed E-state index contributed by atoms with van der Waals surface area (Å²) < 4.78 is 0. The minimum atomic E-state index is -0.00583. The van der Waals surface area contributed by atoms with Crippen molar-refractivity contribution in [1.82, 2.24) is 4.90 Å². The predicted molar refractivity (Wildman–Crippen MR) is 53.2 cm³/mol. The summed E-state index contributed by atoms with van der Waals surface area (Å²) in [5.74, 6) is 0.770. The van der Waals surface area contributed by atoms with Gasteiger partial charge in [0.1, 0.15) is 0 Å². The first-order chi connectivity index (χ1) is 5.97. The summed E-state index contributed by atoms with van der Waals surface area (Å²) in [5, 5.41) is 0. The third-order valence-corrected chi connectivity index (χ3v) is 2.99. The van der Waals surface area contributed by atoms with E-state index in [0.717, 1.165) is 25.9 Å². The van der Waals surface area contributed by atoms with Crippen LogP contribution in [0.15, 0.2) is 0 Å². The zero-order valence-corrected chi connectivity index (χ0v) is 8.84. The third-order valence-electron chi connectivity index (χ3n) is 2.99. The Hall–Kier alpha value is -0.570. The molecule has 0 bridgehead atoms. The number of rotatable bonds is 1. The molecule has 0 aliphatic carbocycles. The van der Waals surface area contributed by atoms with Gasteiger partial charge in [-0.1, -0.05) is 0 Å². The Kier molecular flexibility index (Phi) is 2.96. The van der Waals surface area contributed by atoms with Crippen molar-refractivity contribution in [2.75, 3.05) is 13.1 Å². The van der Waals surface area contributed by atoms with E-state index in [2.05, 4.69) is 13.8 Å². The second kappa shape index (κ2) is 3.66. The number of amides is 1. The minimum absolute atomic E-state index is 0.00583. The van der Waals surface area contributed by atoms with Crippen molar-refractivity contribution in [3.63, 3.8) is 0 Å². The van der Waals surface area contributed by atoms with Gasteiger partial charge in [0.2, 0.25) is 5.91 Å². The molecule has 2 N–H and O–H groups in total. The largest absolute Gasteiger partial charge is 0.338 e. The Bertz CT molecular complexity index is 201. The van der Waals surface area contributed by atoms with E-state index in [0.29, 0.717) is 5.92 Å². The molecule has 3 heteroatoms. The normalized spacial score (nSPS) is 27.4. The van der Waals surface area contributed by atoms with Gasteiger partial charge in [-0.2, -0.15) is 0 Å². The van der Waals surface area contributed by atoms with Crippen LogP contribution in [0.1, 0.15) is 33.6 Å². The molecule has 1 rings (SSSR count). The van der Waals surface area contributed by atoms with Gasteiger partial charge in [0.15, 0.2) is 0 Å². The molecule has 0 aromatic heterocycles. The van der Waals surface area contributed by atoms with Gasteiger partial charge < -0.3 is 10.6 Å². The van der Waals surface area contributed by atoms with Crippen LogP contribution >= 0.6 is 0 Å². The summed E-state index contributed by atoms with van der Waals surface area (Å²) >= 11 is 0. The highest BCUT2D eigenvalue weighted by Crippen LogP contribution is 2.30. The summed E-state index contributed by atoms with van der Waals surface area (Å²) in [4.78, 5) is 13.3. The van der Waals surface area contributed by atoms with Crippen LogP contribution in [0, 0.1) is 5.92 Å². The number of nitrogens with two attached hydrogens (primary N) is 1. The molecule has 1 aliphatic heterocycles. The van der Waals surface area contributed by atoms with Gasteiger partial charge in [-0.05, 0) is 39.2 Å². The summed E-state index contributed by atoms with van der Waals surface area (Å²) in [7, 11) is 0. The highest BCUT2D eigenvalue weighted by molar-refractivity contribution is 5.74. The van der Waals surface area contributed by atoms with E-state index in [-0.39, 0.29) is 11.4 Å². The fourth-order valence-electron chi connectivity index (χ4n) is 2.32. The number of carbonyl (C=O) groups is 1. The number of hydrogen-bond donors (Lipinski definition) is 1. The van der Waals surface area contributed by atoms with E-state index in [1.165, 1.54) is 0 Å². The summed E-state index contributed by atoms with van der Waals surface area (Å²) in [6.45, 7) is 7.50. The number of nitrogens with zero attached hydrogens (tertiary/aromatic N) is 1. The standard InChI is InChI=1S/C10H20N2O/c1-8(13)12-5-4-9(7-11)6-10(12,2)3/h9H,4-7,11H2,1-3H3. The fourth-order valence-corrected chi connectivity index (χ4v) is 2.32. The Morgan fingerprint density at radius 2 is 2.23 bits per heavy atom. The lowest BCUT2D eigenvalue weighted by Crippen LogP contribution is -2.52. The zero-order valence-electron chi connectivity index (χ0n) is 8.84. The quantitative estimate of drug-likeness (QED) is 0.660. The summed E-state index contributed by atoms with van der Waals surface area (Å²) in [6.07, 6.45) is 2.09. The fraction of sp³-hybridized carbons (Fsp3) is 0.900. The van der Waals surface area contributed by atoms with E-state index in [4.69, 9.17) is 5.73 Å². The van der Waals surface area contributed by atoms with Gasteiger partial charge in [0.25, 0.3) is 0 Å². The molecule has 1 amide bonds. The van der Waals surface area contributed by atoms with Crippen molar-refractivity contribution in [1.29, 1.82) is 0 Å². The number of likely N-dealkylation sites (tertiary alicyclic amines) is 1. The monoisotopic (exact) mass is 184 g/mol. The Morgan fingerprint density at radius 1 is 1.62 bits per heavy atom. The minimum Gasteiger partial charge on any atom is -0.338 e. The van der Waals surface area contributed by atoms with E-state index < -0.39 is 0 Å². The van der Waals surface area contributed by atoms with Gasteiger partial charge in [0.05, 0.1) is 0 Å². The van der Waals surface area contributed by atoms with Gasteiger partial charge >= 0.3 is 0 Å². The molecule has 1 atom stereocenters. The molecule has 0 aromatic carbocycles. The second-order valence-corrected chi connectivity index (χ2v) is 4.58. The van der Waals surface area contributed by atoms with Gasteiger partial charge in [-0.3, -0.25) is 4.79 Å². The molecule has 0 saturated carbocycles. The Morgan fingerprint density at radius 3 is 2.62 bits per heavy atom. The first kappa shape index (κ1) is 10.5. The highest BCUT2D eigenvalue weighted by atomic mass is 16.2. The molecule has 1 fully saturated rings. The molecule has 1 saturated heterocycles. The van der Waals surface area contributed by atoms with Crippen LogP contribution in [-0.4, -0.2) is 29.4 Å². The molecular weight excluding hydrogens is 164 g/mol. The highest BCUT2D eigenvalue weighted by Gasteiger charge is 2.35. The number of carbonyl (C=O) groups excluding carboxylic acids is 1. The molecule has 0 aromatic rings. The topological polar surface area (TPSA) is 46.3 Å². The SMILES string of the molecule is CC(=O)N1CCC(CN)CC1(C)C. The molecule has 13 heavy (non-hydrogen) atoms. The molecule has 1 unspecified atom stereocenters. The van der Waals surface area contributed by atoms with Crippen LogP contribution in [0.25, 0.3) is 0 Å². The van der Waals surface area contributed by atoms with Crippen molar-refractivity contribution in [3.05, 3.63) is 0 Å². The predicted octanol–water partition coefficient (Wildman–Crippen LogP) is 0.982. The first-order valence-corrected chi connectivity index (χ1v) is 4.95. The van der Waals surface area contributed by atoms with Crippen LogP contribution in [0.3, 0.4) is 0 Å². The van der Waals surface area contributed by atoms with Crippen LogP contribution in [0.4, 0.5) is 0 Å². The summed E-state index contributed by atoms with van der Waals surface area (Å²) in [6, 6.07) is 0. The average molecular weight is 184 g/mol. The lowest BCUT2D eigenvalue weighted by molar-refractivity contribution is -0.137. The maximum absolute atomic E-state index is 11.3. The van der Waals surface area contributed by atoms with E-state index in [9.17, 15) is 4.79 Å². The maximum atomic E-state index is 11.3. The smallest absolute Gasteiger partial charge is 0.219 e. The molecular formula is C10H20N2O. The molecule has 1 heterocycles. The van der Waals surface area contributed by atoms with Crippen LogP contribution < -0.4 is 5.73 Å². The number of hydrogen-bond acceptors (Lipinski definition) is 2. The summed E-state index contributed by atoms with van der Waals surface area (Å²) in [5.41, 5.74) is 5.64. The van der Waals surface area contributed by atoms with Crippen molar-refractivity contribution >= 4 is 5.91 Å². The lowest BCUT2D eigenvalue weighted by atomic mass is 9.82. The van der Waals surface area contributed by atoms with Gasteiger partial charge in [-0.25, -0.2) is 0 Å². The lowest BCUT2D eigenvalue weighted by Gasteiger charge is -2.45. The van der Waals surface area contributed by atoms with Gasteiger partial charge in [0, 0.05) is 19.0 Å². The maximum Gasteiger partial charge on any atom is 0.219 e. The van der Waals surface area contributed by atoms with Crippen LogP contribution in [-0.2, 0) is 4.79 Å². The van der Waals surface area contributed by atoms with Crippen molar-refractivity contribution in [2.24, 2.45) is 11.7 Å². The van der Waals surface area contributed by atoms with Crippen LogP contribution in [0.2, 0.25) is 0 Å². The number of piperidine rings is 1. The van der Waals surface area contributed by atoms with E-state index in [1.807, 2.05) is 4.90 Å². The van der Waals surface area contributed by atoms with E-state index >= 15 is 0 Å². The molecule has 76 valence electrons. The van der Waals surface area contributed by atoms with E-state index in [1.54, 1.807) is 6.92 Å². The average Bonchev–Trinajstić information content (AvgIpc) is 2.01.